The average molecular weight is 446 g/mol. The molecule has 0 bridgehead atoms. The van der Waals surface area contributed by atoms with Crippen LogP contribution in [-0.2, 0) is 6.18 Å². The fourth-order valence-corrected chi connectivity index (χ4v) is 4.44. The van der Waals surface area contributed by atoms with Crippen molar-refractivity contribution in [3.05, 3.63) is 65.9 Å². The Hall–Kier alpha value is -3.50. The summed E-state index contributed by atoms with van der Waals surface area (Å²) >= 11 is 0. The van der Waals surface area contributed by atoms with Crippen LogP contribution >= 0.6 is 0 Å². The number of rotatable bonds is 3. The summed E-state index contributed by atoms with van der Waals surface area (Å²) < 4.78 is 54.3. The summed E-state index contributed by atoms with van der Waals surface area (Å²) in [5, 5.41) is 8.04. The van der Waals surface area contributed by atoms with Gasteiger partial charge in [0.2, 0.25) is 0 Å². The number of hydrogen-bond donors (Lipinski definition) is 0. The molecule has 1 amide bonds. The highest BCUT2D eigenvalue weighted by atomic mass is 19.4. The van der Waals surface area contributed by atoms with Gasteiger partial charge >= 0.3 is 6.18 Å². The third-order valence-corrected chi connectivity index (χ3v) is 6.03. The SMILES string of the molecule is O=C(c1cc(F)ccc1-n1nccn1)N1C[C@H]2CCN(c3ncccc3C(F)(F)F)C[C@H]21. The van der Waals surface area contributed by atoms with Crippen LogP contribution in [0.15, 0.2) is 48.9 Å². The molecule has 0 saturated carbocycles. The van der Waals surface area contributed by atoms with Crippen molar-refractivity contribution in [1.82, 2.24) is 24.9 Å². The molecule has 2 aliphatic heterocycles. The molecule has 5 rings (SSSR count). The molecule has 11 heteroatoms. The average Bonchev–Trinajstić information content (AvgIpc) is 3.28. The number of nitrogens with zero attached hydrogens (tertiary/aromatic N) is 6. The van der Waals surface area contributed by atoms with Gasteiger partial charge in [0.05, 0.1) is 35.2 Å². The molecule has 0 aliphatic carbocycles. The minimum atomic E-state index is -4.53. The van der Waals surface area contributed by atoms with Crippen molar-refractivity contribution in [1.29, 1.82) is 0 Å². The highest BCUT2D eigenvalue weighted by molar-refractivity contribution is 5.98. The normalized spacial score (nSPS) is 20.6. The molecule has 166 valence electrons. The van der Waals surface area contributed by atoms with Gasteiger partial charge < -0.3 is 9.80 Å². The molecule has 2 aliphatic rings. The molecule has 4 heterocycles. The van der Waals surface area contributed by atoms with Crippen LogP contribution in [0.25, 0.3) is 5.69 Å². The summed E-state index contributed by atoms with van der Waals surface area (Å²) in [6, 6.07) is 5.75. The number of pyridine rings is 1. The van der Waals surface area contributed by atoms with Gasteiger partial charge in [0, 0.05) is 31.7 Å². The van der Waals surface area contributed by atoms with E-state index >= 15 is 0 Å². The van der Waals surface area contributed by atoms with Gasteiger partial charge in [-0.2, -0.15) is 28.2 Å². The van der Waals surface area contributed by atoms with Crippen LogP contribution in [0.2, 0.25) is 0 Å². The second-order valence-corrected chi connectivity index (χ2v) is 7.87. The lowest BCUT2D eigenvalue weighted by atomic mass is 9.81. The number of carbonyl (C=O) groups is 1. The molecule has 2 atom stereocenters. The monoisotopic (exact) mass is 446 g/mol. The summed E-state index contributed by atoms with van der Waals surface area (Å²) in [4.78, 5) is 21.7. The van der Waals surface area contributed by atoms with E-state index in [1.807, 2.05) is 0 Å². The van der Waals surface area contributed by atoms with E-state index < -0.39 is 23.5 Å². The number of amides is 1. The Morgan fingerprint density at radius 3 is 2.59 bits per heavy atom. The van der Waals surface area contributed by atoms with E-state index in [0.717, 1.165) is 12.1 Å². The Labute approximate surface area is 180 Å². The molecule has 1 aromatic carbocycles. The molecule has 7 nitrogen and oxygen atoms in total. The van der Waals surface area contributed by atoms with Gasteiger partial charge in [0.25, 0.3) is 5.91 Å². The molecule has 0 N–H and O–H groups in total. The quantitative estimate of drug-likeness (QED) is 0.579. The summed E-state index contributed by atoms with van der Waals surface area (Å²) in [5.41, 5.74) is -0.361. The number of benzene rings is 1. The van der Waals surface area contributed by atoms with Gasteiger partial charge in [-0.15, -0.1) is 0 Å². The van der Waals surface area contributed by atoms with Crippen LogP contribution in [0, 0.1) is 11.7 Å². The van der Waals surface area contributed by atoms with Crippen molar-refractivity contribution in [3.8, 4) is 5.69 Å². The highest BCUT2D eigenvalue weighted by Gasteiger charge is 2.47. The van der Waals surface area contributed by atoms with Crippen LogP contribution in [0.3, 0.4) is 0 Å². The number of anilines is 1. The summed E-state index contributed by atoms with van der Waals surface area (Å²) in [6.07, 6.45) is 0.334. The van der Waals surface area contributed by atoms with Crippen LogP contribution in [-0.4, -0.2) is 56.5 Å². The van der Waals surface area contributed by atoms with E-state index in [1.54, 1.807) is 9.80 Å². The van der Waals surface area contributed by atoms with Crippen molar-refractivity contribution >= 4 is 11.7 Å². The van der Waals surface area contributed by atoms with Gasteiger partial charge in [0.15, 0.2) is 0 Å². The van der Waals surface area contributed by atoms with Gasteiger partial charge in [-0.05, 0) is 36.8 Å². The van der Waals surface area contributed by atoms with Crippen molar-refractivity contribution in [2.75, 3.05) is 24.5 Å². The zero-order chi connectivity index (χ0) is 22.5. The topological polar surface area (TPSA) is 67.2 Å². The largest absolute Gasteiger partial charge is 0.419 e. The van der Waals surface area contributed by atoms with E-state index in [1.165, 1.54) is 41.6 Å². The first kappa shape index (κ1) is 20.4. The third-order valence-electron chi connectivity index (χ3n) is 6.03. The van der Waals surface area contributed by atoms with Gasteiger partial charge in [-0.25, -0.2) is 9.37 Å². The van der Waals surface area contributed by atoms with Gasteiger partial charge in [0.1, 0.15) is 11.6 Å². The maximum atomic E-state index is 14.0. The standard InChI is InChI=1S/C21H18F4N6O/c22-14-3-4-17(31-27-7-8-28-31)15(10-14)20(32)30-11-13-5-9-29(12-18(13)30)19-16(21(23,24)25)2-1-6-26-19/h1-4,6-8,10,13,18H,5,9,11-12H2/t13-,18-/m1/s1. The molecule has 0 unspecified atom stereocenters. The maximum absolute atomic E-state index is 14.0. The molecule has 2 aromatic heterocycles. The van der Waals surface area contributed by atoms with Crippen LogP contribution in [0.5, 0.6) is 0 Å². The number of carbonyl (C=O) groups excluding carboxylic acids is 1. The van der Waals surface area contributed by atoms with Crippen LogP contribution in [0.4, 0.5) is 23.4 Å². The smallest absolute Gasteiger partial charge is 0.354 e. The maximum Gasteiger partial charge on any atom is 0.419 e. The van der Waals surface area contributed by atoms with Crippen LogP contribution in [0.1, 0.15) is 22.3 Å². The molecule has 3 aromatic rings. The van der Waals surface area contributed by atoms with E-state index in [-0.39, 0.29) is 29.9 Å². The Morgan fingerprint density at radius 1 is 1.06 bits per heavy atom. The zero-order valence-corrected chi connectivity index (χ0v) is 16.7. The van der Waals surface area contributed by atoms with Crippen molar-refractivity contribution in [3.63, 3.8) is 0 Å². The molecule has 2 saturated heterocycles. The van der Waals surface area contributed by atoms with E-state index in [4.69, 9.17) is 0 Å². The van der Waals surface area contributed by atoms with Gasteiger partial charge in [-0.3, -0.25) is 4.79 Å². The van der Waals surface area contributed by atoms with Crippen molar-refractivity contribution in [2.45, 2.75) is 18.6 Å². The minimum absolute atomic E-state index is 0.102. The van der Waals surface area contributed by atoms with Crippen molar-refractivity contribution in [2.24, 2.45) is 5.92 Å². The first-order chi connectivity index (χ1) is 15.3. The van der Waals surface area contributed by atoms with E-state index in [0.29, 0.717) is 25.2 Å². The molecule has 2 fully saturated rings. The van der Waals surface area contributed by atoms with Crippen molar-refractivity contribution < 1.29 is 22.4 Å². The first-order valence-corrected chi connectivity index (χ1v) is 10.1. The third kappa shape index (κ3) is 3.47. The second-order valence-electron chi connectivity index (χ2n) is 7.87. The Balaban J connectivity index is 1.41. The number of likely N-dealkylation sites (tertiary alicyclic amines) is 1. The molecule has 0 spiro atoms. The van der Waals surface area contributed by atoms with Crippen LogP contribution < -0.4 is 4.90 Å². The number of alkyl halides is 3. The van der Waals surface area contributed by atoms with E-state index in [2.05, 4.69) is 15.2 Å². The molecular formula is C21H18F4N6O. The second kappa shape index (κ2) is 7.57. The lowest BCUT2D eigenvalue weighted by Gasteiger charge is -2.53. The summed E-state index contributed by atoms with van der Waals surface area (Å²) in [6.45, 7) is 1.11. The predicted octanol–water partition coefficient (Wildman–Crippen LogP) is 3.17. The minimum Gasteiger partial charge on any atom is -0.354 e. The fraction of sp³-hybridized carbons (Fsp3) is 0.333. The Morgan fingerprint density at radius 2 is 1.84 bits per heavy atom. The fourth-order valence-electron chi connectivity index (χ4n) is 4.44. The molecule has 32 heavy (non-hydrogen) atoms. The number of hydrogen-bond acceptors (Lipinski definition) is 5. The Bertz CT molecular complexity index is 1150. The van der Waals surface area contributed by atoms with Gasteiger partial charge in [-0.1, -0.05) is 0 Å². The summed E-state index contributed by atoms with van der Waals surface area (Å²) in [5.74, 6) is -0.940. The molecular weight excluding hydrogens is 428 g/mol. The number of piperidine rings is 1. The number of aromatic nitrogens is 4. The summed E-state index contributed by atoms with van der Waals surface area (Å²) in [7, 11) is 0. The molecule has 0 radical (unpaired) electrons. The van der Waals surface area contributed by atoms with E-state index in [9.17, 15) is 22.4 Å². The Kier molecular flexibility index (Phi) is 4.83. The number of halogens is 4. The predicted molar refractivity (Wildman–Crippen MR) is 106 cm³/mol. The lowest BCUT2D eigenvalue weighted by Crippen LogP contribution is -2.66. The highest BCUT2D eigenvalue weighted by Crippen LogP contribution is 2.40. The lowest BCUT2D eigenvalue weighted by molar-refractivity contribution is -0.137. The zero-order valence-electron chi connectivity index (χ0n) is 16.7. The number of fused-ring (bicyclic) bond motifs is 1. The first-order valence-electron chi connectivity index (χ1n) is 10.1.